The third kappa shape index (κ3) is 14.7. The van der Waals surface area contributed by atoms with Gasteiger partial charge >= 0.3 is 11.9 Å². The average Bonchev–Trinajstić information content (AvgIpc) is 4.28. The topological polar surface area (TPSA) is 248 Å². The van der Waals surface area contributed by atoms with Gasteiger partial charge in [0.2, 0.25) is 11.6 Å². The Kier molecular flexibility index (Phi) is 20.6. The first-order valence-corrected chi connectivity index (χ1v) is 30.8. The van der Waals surface area contributed by atoms with Gasteiger partial charge in [-0.3, -0.25) is 38.4 Å². The molecule has 4 aliphatic rings. The van der Waals surface area contributed by atoms with Gasteiger partial charge in [-0.05, 0) is 48.9 Å². The molecular weight excluding hydrogens is 1190 g/mol. The van der Waals surface area contributed by atoms with Gasteiger partial charge in [-0.15, -0.1) is 46.2 Å². The molecular formula is C56H40Cl2N2O14S6. The Morgan fingerprint density at radius 1 is 0.450 bits per heavy atom. The number of fused-ring (bicyclic) bond motifs is 4. The minimum Gasteiger partial charge on any atom is -0.465 e. The van der Waals surface area contributed by atoms with Gasteiger partial charge < -0.3 is 9.47 Å². The van der Waals surface area contributed by atoms with Crippen molar-refractivity contribution in [3.8, 4) is 0 Å². The highest BCUT2D eigenvalue weighted by Gasteiger charge is 2.30. The molecule has 10 rings (SSSR count). The zero-order chi connectivity index (χ0) is 57.7. The Morgan fingerprint density at radius 3 is 1.20 bits per heavy atom. The number of hydrogen-bond donors (Lipinski definition) is 0. The lowest BCUT2D eigenvalue weighted by Gasteiger charge is -2.16. The van der Waals surface area contributed by atoms with Gasteiger partial charge in [-0.25, -0.2) is 0 Å². The summed E-state index contributed by atoms with van der Waals surface area (Å²) in [4.78, 5) is 94.8. The van der Waals surface area contributed by atoms with Crippen LogP contribution in [0.25, 0.3) is 0 Å². The summed E-state index contributed by atoms with van der Waals surface area (Å²) >= 11 is 15.7. The normalized spacial score (nSPS) is 15.3. The van der Waals surface area contributed by atoms with Crippen molar-refractivity contribution >= 4 is 148 Å². The third-order valence-corrected chi connectivity index (χ3v) is 18.8. The number of thiophene rings is 2. The summed E-state index contributed by atoms with van der Waals surface area (Å²) in [7, 11) is -7.70. The van der Waals surface area contributed by atoms with Gasteiger partial charge in [0, 0.05) is 56.7 Å². The molecule has 0 fully saturated rings. The maximum absolute atomic E-state index is 12.7. The number of thioether (sulfide) groups is 2. The zero-order valence-electron chi connectivity index (χ0n) is 41.7. The van der Waals surface area contributed by atoms with Gasteiger partial charge in [-0.2, -0.15) is 25.6 Å². The second kappa shape index (κ2) is 27.3. The summed E-state index contributed by atoms with van der Waals surface area (Å²) in [5.41, 5.74) is 3.58. The summed E-state index contributed by atoms with van der Waals surface area (Å²) in [5.74, 6) is -2.37. The number of ketones is 6. The molecule has 0 unspecified atom stereocenters. The Bertz CT molecular complexity index is 3920. The number of hydrogen-bond acceptors (Lipinski definition) is 18. The molecule has 24 heteroatoms. The first kappa shape index (κ1) is 60.4. The number of nitrogens with zero attached hydrogens (tertiary/aromatic N) is 2. The molecule has 6 aromatic rings. The molecule has 0 saturated heterocycles. The Labute approximate surface area is 485 Å². The molecule has 16 nitrogen and oxygen atoms in total. The van der Waals surface area contributed by atoms with Crippen LogP contribution < -0.4 is 0 Å². The van der Waals surface area contributed by atoms with Gasteiger partial charge in [0.25, 0.3) is 20.0 Å². The predicted octanol–water partition coefficient (Wildman–Crippen LogP) is 11.0. The van der Waals surface area contributed by atoms with Crippen LogP contribution >= 0.6 is 69.4 Å². The van der Waals surface area contributed by atoms with E-state index in [1.54, 1.807) is 134 Å². The molecule has 80 heavy (non-hydrogen) atoms. The number of carbonyl (C=O) groups excluding carboxylic acids is 8. The molecule has 0 bridgehead atoms. The van der Waals surface area contributed by atoms with E-state index in [-0.39, 0.29) is 92.5 Å². The summed E-state index contributed by atoms with van der Waals surface area (Å²) in [6.07, 6.45) is 5.15. The maximum atomic E-state index is 12.7. The van der Waals surface area contributed by atoms with Crippen LogP contribution in [0.15, 0.2) is 193 Å². The van der Waals surface area contributed by atoms with Crippen LogP contribution in [0.5, 0.6) is 0 Å². The van der Waals surface area contributed by atoms with Crippen LogP contribution in [-0.2, 0) is 39.1 Å². The van der Waals surface area contributed by atoms with E-state index >= 15 is 0 Å². The molecule has 0 aliphatic heterocycles. The van der Waals surface area contributed by atoms with Crippen molar-refractivity contribution in [3.63, 3.8) is 0 Å². The highest BCUT2D eigenvalue weighted by Crippen LogP contribution is 2.32. The summed E-state index contributed by atoms with van der Waals surface area (Å²) in [6.45, 7) is 3.96. The minimum absolute atomic E-state index is 0.0105. The monoisotopic (exact) mass is 1230 g/mol. The molecule has 0 saturated carbocycles. The van der Waals surface area contributed by atoms with E-state index in [0.29, 0.717) is 51.1 Å². The average molecular weight is 1230 g/mol. The molecule has 0 atom stereocenters. The number of allylic oxidation sites excluding steroid dienone is 8. The van der Waals surface area contributed by atoms with Gasteiger partial charge in [0.05, 0.1) is 56.0 Å². The molecule has 2 heterocycles. The van der Waals surface area contributed by atoms with E-state index in [9.17, 15) is 55.2 Å². The largest absolute Gasteiger partial charge is 0.465 e. The lowest BCUT2D eigenvalue weighted by molar-refractivity contribution is -0.140. The number of esters is 2. The highest BCUT2D eigenvalue weighted by atomic mass is 35.5. The minimum atomic E-state index is -3.89. The van der Waals surface area contributed by atoms with Crippen molar-refractivity contribution < 1.29 is 64.7 Å². The van der Waals surface area contributed by atoms with Crippen LogP contribution in [0.4, 0.5) is 0 Å². The molecule has 0 spiro atoms. The van der Waals surface area contributed by atoms with Crippen molar-refractivity contribution in [1.29, 1.82) is 0 Å². The quantitative estimate of drug-likeness (QED) is 0.103. The molecule has 408 valence electrons. The standard InChI is InChI=1S/C18H15NO5S3.C14H8ClNO3S2.C14H12O4S.C10H5ClO2/c1-2-24-16(20)11-26-15-10-14(12-6-3-4-7-13(12)18(15)21)19-27(22,23)17-8-5-9-25-17;15-11-8-12(9-4-1-2-5-10(9)14(11)17)16-21(18,19)13-6-3-7-20-13;1-2-18-13(16)8-19-12-7-11(15)9-5-3-4-6-10(9)14(12)17;11-8-5-9(12)6-3-1-2-4-7(6)10(8)13/h3-10H,2,11H2,1H3;1-8H;3-7H,2,8H2,1H3;1-5H. The molecule has 0 radical (unpaired) electrons. The van der Waals surface area contributed by atoms with E-state index in [0.717, 1.165) is 52.3 Å². The lowest BCUT2D eigenvalue weighted by atomic mass is 9.94. The number of halogens is 2. The predicted molar refractivity (Wildman–Crippen MR) is 310 cm³/mol. The van der Waals surface area contributed by atoms with E-state index in [4.69, 9.17) is 32.7 Å². The Hall–Kier alpha value is -7.28. The van der Waals surface area contributed by atoms with E-state index in [2.05, 4.69) is 8.80 Å². The SMILES string of the molecule is CCOC(=O)CSC1=CC(=NS(=O)(=O)c2cccs2)c2ccccc2C1=O.CCOC(=O)CSC1=CC(=O)c2ccccc2C1=O.O=C1C(Cl)=CC(=NS(=O)(=O)c2cccs2)c2ccccc21.O=C1C=C(Cl)C(=O)c2ccccc21. The molecule has 2 aromatic heterocycles. The van der Waals surface area contributed by atoms with E-state index in [1.165, 1.54) is 30.4 Å². The van der Waals surface area contributed by atoms with Gasteiger partial charge in [-0.1, -0.05) is 132 Å². The van der Waals surface area contributed by atoms with Crippen LogP contribution in [0.1, 0.15) is 87.1 Å². The van der Waals surface area contributed by atoms with Crippen molar-refractivity contribution in [3.05, 3.63) is 221 Å². The summed E-state index contributed by atoms with van der Waals surface area (Å²) < 4.78 is 67.2. The number of sulfonamides is 2. The van der Waals surface area contributed by atoms with Gasteiger partial charge in [0.15, 0.2) is 23.1 Å². The maximum Gasteiger partial charge on any atom is 0.316 e. The van der Waals surface area contributed by atoms with E-state index in [1.807, 2.05) is 0 Å². The Morgan fingerprint density at radius 2 is 0.787 bits per heavy atom. The first-order valence-electron chi connectivity index (χ1n) is 23.4. The Balaban J connectivity index is 0.000000158. The molecule has 4 aromatic carbocycles. The van der Waals surface area contributed by atoms with Crippen LogP contribution in [0.2, 0.25) is 0 Å². The van der Waals surface area contributed by atoms with E-state index < -0.39 is 32.0 Å². The van der Waals surface area contributed by atoms with Crippen LogP contribution in [-0.4, -0.2) is 99.6 Å². The molecule has 4 aliphatic carbocycles. The fourth-order valence-electron chi connectivity index (χ4n) is 7.39. The van der Waals surface area contributed by atoms with Crippen LogP contribution in [0, 0.1) is 0 Å². The summed E-state index contributed by atoms with van der Waals surface area (Å²) in [6, 6.07) is 32.9. The highest BCUT2D eigenvalue weighted by molar-refractivity contribution is 8.05. The zero-order valence-corrected chi connectivity index (χ0v) is 48.1. The first-order chi connectivity index (χ1) is 38.2. The number of carbonyl (C=O) groups is 8. The number of benzene rings is 4. The number of Topliss-reactive ketones (excluding diaryl/α,β-unsaturated/α-hetero) is 4. The molecule has 0 amide bonds. The van der Waals surface area contributed by atoms with Crippen molar-refractivity contribution in [1.82, 2.24) is 0 Å². The third-order valence-electron chi connectivity index (χ3n) is 10.9. The fourth-order valence-corrected chi connectivity index (χ4v) is 13.3. The second-order valence-electron chi connectivity index (χ2n) is 16.2. The number of rotatable bonds is 12. The smallest absolute Gasteiger partial charge is 0.316 e. The van der Waals surface area contributed by atoms with Crippen molar-refractivity contribution in [2.45, 2.75) is 22.3 Å². The van der Waals surface area contributed by atoms with Crippen molar-refractivity contribution in [2.24, 2.45) is 8.80 Å². The number of ether oxygens (including phenoxy) is 2. The fraction of sp³-hybridized carbons (Fsp3) is 0.107. The van der Waals surface area contributed by atoms with Crippen molar-refractivity contribution in [2.75, 3.05) is 24.7 Å². The molecule has 0 N–H and O–H groups in total. The van der Waals surface area contributed by atoms with Crippen LogP contribution in [0.3, 0.4) is 0 Å². The summed E-state index contributed by atoms with van der Waals surface area (Å²) in [5, 5.41) is 3.26. The van der Waals surface area contributed by atoms with Gasteiger partial charge in [0.1, 0.15) is 8.42 Å². The second-order valence-corrected chi connectivity index (χ2v) is 24.6. The lowest BCUT2D eigenvalue weighted by Crippen LogP contribution is -2.18.